The van der Waals surface area contributed by atoms with E-state index in [1.807, 2.05) is 0 Å². The number of halogens is 8. The Morgan fingerprint density at radius 2 is 1.72 bits per heavy atom. The van der Waals surface area contributed by atoms with Crippen molar-refractivity contribution in [3.8, 4) is 5.75 Å². The predicted molar refractivity (Wildman–Crippen MR) is 116 cm³/mol. The van der Waals surface area contributed by atoms with Crippen LogP contribution in [0.3, 0.4) is 0 Å². The van der Waals surface area contributed by atoms with Gasteiger partial charge in [0.1, 0.15) is 11.6 Å². The van der Waals surface area contributed by atoms with Gasteiger partial charge >= 0.3 is 18.7 Å². The van der Waals surface area contributed by atoms with Crippen LogP contribution in [0.5, 0.6) is 5.75 Å². The van der Waals surface area contributed by atoms with Crippen molar-refractivity contribution in [2.75, 3.05) is 11.9 Å². The van der Waals surface area contributed by atoms with Gasteiger partial charge in [0.05, 0.1) is 5.56 Å². The Balaban J connectivity index is 1.51. The minimum absolute atomic E-state index is 0.0279. The number of rotatable bonds is 10. The Bertz CT molecular complexity index is 1180. The lowest BCUT2D eigenvalue weighted by Gasteiger charge is -2.16. The standard InChI is InChI=1S/C23H18F8N4O/c24-19-8-5-16(12-18(19)22(27,28)29)35-21-33-11-9-15(34-21)2-1-10-32-13-14-3-6-17(7-4-14)36-23(30,31)20(25)26/h3-9,11-13,20H,1-2,10H2,(H,33,34,35). The molecule has 0 saturated heterocycles. The zero-order chi connectivity index (χ0) is 26.3. The molecule has 2 aromatic carbocycles. The SMILES string of the molecule is Fc1ccc(Nc2nccc(CCCN=Cc3ccc(OC(F)(F)C(F)F)cc3)n2)cc1C(F)(F)F. The normalized spacial score (nSPS) is 12.4. The van der Waals surface area contributed by atoms with Gasteiger partial charge in [-0.3, -0.25) is 4.99 Å². The molecule has 0 amide bonds. The fourth-order valence-electron chi connectivity index (χ4n) is 2.89. The molecular formula is C23H18F8N4O. The topological polar surface area (TPSA) is 59.4 Å². The van der Waals surface area contributed by atoms with Crippen LogP contribution in [0.4, 0.5) is 46.8 Å². The van der Waals surface area contributed by atoms with Crippen LogP contribution in [0.15, 0.2) is 59.7 Å². The molecule has 1 heterocycles. The second-order valence-electron chi connectivity index (χ2n) is 7.36. The Kier molecular flexibility index (Phi) is 8.43. The van der Waals surface area contributed by atoms with E-state index in [4.69, 9.17) is 0 Å². The Labute approximate surface area is 199 Å². The molecule has 0 atom stereocenters. The van der Waals surface area contributed by atoms with Gasteiger partial charge in [-0.15, -0.1) is 0 Å². The lowest BCUT2D eigenvalue weighted by atomic mass is 10.2. The monoisotopic (exact) mass is 518 g/mol. The molecule has 5 nitrogen and oxygen atoms in total. The first-order chi connectivity index (χ1) is 16.9. The maximum atomic E-state index is 13.4. The Morgan fingerprint density at radius 3 is 2.39 bits per heavy atom. The highest BCUT2D eigenvalue weighted by Gasteiger charge is 2.43. The largest absolute Gasteiger partial charge is 0.461 e. The van der Waals surface area contributed by atoms with Crippen molar-refractivity contribution in [3.05, 3.63) is 77.4 Å². The maximum absolute atomic E-state index is 13.4. The van der Waals surface area contributed by atoms with Gasteiger partial charge in [0.25, 0.3) is 0 Å². The Hall–Kier alpha value is -3.77. The van der Waals surface area contributed by atoms with E-state index in [1.165, 1.54) is 24.5 Å². The molecule has 1 N–H and O–H groups in total. The molecule has 0 spiro atoms. The second kappa shape index (κ2) is 11.3. The fraction of sp³-hybridized carbons (Fsp3) is 0.261. The highest BCUT2D eigenvalue weighted by Crippen LogP contribution is 2.33. The highest BCUT2D eigenvalue weighted by atomic mass is 19.4. The third-order valence-corrected chi connectivity index (χ3v) is 4.59. The van der Waals surface area contributed by atoms with Crippen molar-refractivity contribution >= 4 is 17.9 Å². The highest BCUT2D eigenvalue weighted by molar-refractivity contribution is 5.79. The summed E-state index contributed by atoms with van der Waals surface area (Å²) in [5.74, 6) is -1.77. The van der Waals surface area contributed by atoms with Crippen LogP contribution >= 0.6 is 0 Å². The zero-order valence-electron chi connectivity index (χ0n) is 18.2. The summed E-state index contributed by atoms with van der Waals surface area (Å²) in [5.41, 5.74) is -0.314. The smallest absolute Gasteiger partial charge is 0.428 e. The molecule has 0 saturated carbocycles. The molecule has 0 unspecified atom stereocenters. The molecule has 0 bridgehead atoms. The van der Waals surface area contributed by atoms with Crippen LogP contribution in [0.1, 0.15) is 23.2 Å². The summed E-state index contributed by atoms with van der Waals surface area (Å²) < 4.78 is 106. The third-order valence-electron chi connectivity index (χ3n) is 4.59. The number of ether oxygens (including phenoxy) is 1. The number of benzene rings is 2. The molecule has 0 aliphatic heterocycles. The van der Waals surface area contributed by atoms with Crippen LogP contribution in [-0.2, 0) is 12.6 Å². The van der Waals surface area contributed by atoms with Gasteiger partial charge in [-0.05, 0) is 66.9 Å². The van der Waals surface area contributed by atoms with E-state index in [-0.39, 0.29) is 11.6 Å². The van der Waals surface area contributed by atoms with E-state index in [1.54, 1.807) is 6.07 Å². The van der Waals surface area contributed by atoms with Crippen LogP contribution in [0.25, 0.3) is 0 Å². The molecule has 13 heteroatoms. The molecule has 0 aliphatic rings. The number of hydrogen-bond acceptors (Lipinski definition) is 5. The number of alkyl halides is 7. The summed E-state index contributed by atoms with van der Waals surface area (Å²) in [6.07, 6.45) is -9.49. The summed E-state index contributed by atoms with van der Waals surface area (Å²) in [7, 11) is 0. The number of hydrogen-bond donors (Lipinski definition) is 1. The third kappa shape index (κ3) is 7.62. The van der Waals surface area contributed by atoms with Gasteiger partial charge in [-0.2, -0.15) is 30.7 Å². The predicted octanol–water partition coefficient (Wildman–Crippen LogP) is 6.67. The van der Waals surface area contributed by atoms with Gasteiger partial charge < -0.3 is 10.1 Å². The second-order valence-corrected chi connectivity index (χ2v) is 7.36. The first-order valence-corrected chi connectivity index (χ1v) is 10.3. The summed E-state index contributed by atoms with van der Waals surface area (Å²) in [5, 5.41) is 2.61. The molecular weight excluding hydrogens is 500 g/mol. The van der Waals surface area contributed by atoms with Crippen molar-refractivity contribution in [2.45, 2.75) is 31.6 Å². The van der Waals surface area contributed by atoms with Crippen LogP contribution < -0.4 is 10.1 Å². The minimum atomic E-state index is -4.84. The van der Waals surface area contributed by atoms with E-state index in [9.17, 15) is 35.1 Å². The summed E-state index contributed by atoms with van der Waals surface area (Å²) >= 11 is 0. The van der Waals surface area contributed by atoms with Gasteiger partial charge in [0.15, 0.2) is 0 Å². The molecule has 36 heavy (non-hydrogen) atoms. The number of anilines is 2. The van der Waals surface area contributed by atoms with Gasteiger partial charge in [-0.25, -0.2) is 14.4 Å². The zero-order valence-corrected chi connectivity index (χ0v) is 18.2. The van der Waals surface area contributed by atoms with Crippen LogP contribution in [0.2, 0.25) is 0 Å². The molecule has 0 aliphatic carbocycles. The lowest BCUT2D eigenvalue weighted by Crippen LogP contribution is -2.33. The maximum Gasteiger partial charge on any atom is 0.461 e. The molecule has 0 fully saturated rings. The number of aliphatic imine (C=N–C) groups is 1. The quantitative estimate of drug-likeness (QED) is 0.185. The lowest BCUT2D eigenvalue weighted by molar-refractivity contribution is -0.253. The minimum Gasteiger partial charge on any atom is -0.428 e. The van der Waals surface area contributed by atoms with Crippen molar-refractivity contribution in [1.29, 1.82) is 0 Å². The van der Waals surface area contributed by atoms with Crippen molar-refractivity contribution < 1.29 is 39.9 Å². The van der Waals surface area contributed by atoms with Gasteiger partial charge in [0, 0.05) is 30.3 Å². The summed E-state index contributed by atoms with van der Waals surface area (Å²) in [6, 6.07) is 9.07. The van der Waals surface area contributed by atoms with Crippen LogP contribution in [0, 0.1) is 5.82 Å². The fourth-order valence-corrected chi connectivity index (χ4v) is 2.89. The summed E-state index contributed by atoms with van der Waals surface area (Å²) in [4.78, 5) is 12.3. The van der Waals surface area contributed by atoms with Crippen molar-refractivity contribution in [1.82, 2.24) is 9.97 Å². The van der Waals surface area contributed by atoms with Crippen molar-refractivity contribution in [3.63, 3.8) is 0 Å². The number of aryl methyl sites for hydroxylation is 1. The van der Waals surface area contributed by atoms with E-state index < -0.39 is 35.8 Å². The number of aromatic nitrogens is 2. The molecule has 1 aromatic heterocycles. The van der Waals surface area contributed by atoms with E-state index in [0.29, 0.717) is 42.8 Å². The van der Waals surface area contributed by atoms with E-state index in [2.05, 4.69) is 25.0 Å². The first-order valence-electron chi connectivity index (χ1n) is 10.3. The Morgan fingerprint density at radius 1 is 1.00 bits per heavy atom. The first kappa shape index (κ1) is 26.8. The average molecular weight is 518 g/mol. The van der Waals surface area contributed by atoms with E-state index in [0.717, 1.165) is 18.2 Å². The summed E-state index contributed by atoms with van der Waals surface area (Å²) in [6.45, 7) is 0.362. The van der Waals surface area contributed by atoms with Gasteiger partial charge in [-0.1, -0.05) is 0 Å². The molecule has 3 rings (SSSR count). The molecule has 0 radical (unpaired) electrons. The molecule has 3 aromatic rings. The average Bonchev–Trinajstić information content (AvgIpc) is 2.80. The van der Waals surface area contributed by atoms with Crippen LogP contribution in [-0.4, -0.2) is 35.3 Å². The van der Waals surface area contributed by atoms with Gasteiger partial charge in [0.2, 0.25) is 5.95 Å². The van der Waals surface area contributed by atoms with Crippen molar-refractivity contribution in [2.24, 2.45) is 4.99 Å². The van der Waals surface area contributed by atoms with E-state index >= 15 is 0 Å². The number of nitrogens with zero attached hydrogens (tertiary/aromatic N) is 3. The number of nitrogens with one attached hydrogen (secondary N) is 1. The molecule has 192 valence electrons.